The molecule has 0 spiro atoms. The Morgan fingerprint density at radius 1 is 1.50 bits per heavy atom. The fraction of sp³-hybridized carbons (Fsp3) is 0.588. The highest BCUT2D eigenvalue weighted by Crippen LogP contribution is 2.19. The van der Waals surface area contributed by atoms with Crippen molar-refractivity contribution < 1.29 is 14.3 Å². The lowest BCUT2D eigenvalue weighted by Gasteiger charge is -2.36. The van der Waals surface area contributed by atoms with Crippen molar-refractivity contribution in [3.63, 3.8) is 0 Å². The molecule has 5 heteroatoms. The van der Waals surface area contributed by atoms with Gasteiger partial charge in [0, 0.05) is 12.6 Å². The second-order valence-corrected chi connectivity index (χ2v) is 6.13. The summed E-state index contributed by atoms with van der Waals surface area (Å²) in [6, 6.07) is 5.04. The van der Waals surface area contributed by atoms with Gasteiger partial charge in [0.1, 0.15) is 5.82 Å². The van der Waals surface area contributed by atoms with Crippen LogP contribution in [0.2, 0.25) is 0 Å². The number of hydrogen-bond acceptors (Lipinski definition) is 3. The number of aliphatic hydroxyl groups excluding tert-OH is 1. The Bertz CT molecular complexity index is 519. The van der Waals surface area contributed by atoms with Crippen molar-refractivity contribution in [3.8, 4) is 0 Å². The maximum Gasteiger partial charge on any atom is 0.234 e. The smallest absolute Gasteiger partial charge is 0.234 e. The number of likely N-dealkylation sites (tertiary alicyclic amines) is 1. The van der Waals surface area contributed by atoms with Gasteiger partial charge in [-0.25, -0.2) is 4.39 Å². The van der Waals surface area contributed by atoms with Crippen LogP contribution in [0.4, 0.5) is 4.39 Å². The van der Waals surface area contributed by atoms with Crippen molar-refractivity contribution >= 4 is 5.91 Å². The molecule has 1 aromatic carbocycles. The van der Waals surface area contributed by atoms with Crippen molar-refractivity contribution in [3.05, 3.63) is 35.1 Å². The van der Waals surface area contributed by atoms with Crippen molar-refractivity contribution in [2.24, 2.45) is 0 Å². The summed E-state index contributed by atoms with van der Waals surface area (Å²) in [7, 11) is 0. The Balaban J connectivity index is 1.85. The SMILES string of the molecule is Cc1ccc(CNC(=O)CN2CCCCC2C(C)O)cc1F. The normalized spacial score (nSPS) is 20.6. The molecule has 22 heavy (non-hydrogen) atoms. The van der Waals surface area contributed by atoms with E-state index in [-0.39, 0.29) is 24.3 Å². The van der Waals surface area contributed by atoms with Crippen LogP contribution in [0.3, 0.4) is 0 Å². The third-order valence-corrected chi connectivity index (χ3v) is 4.29. The molecule has 2 N–H and O–H groups in total. The first-order valence-corrected chi connectivity index (χ1v) is 7.91. The zero-order chi connectivity index (χ0) is 16.1. The van der Waals surface area contributed by atoms with E-state index in [0.717, 1.165) is 31.4 Å². The van der Waals surface area contributed by atoms with Crippen molar-refractivity contribution in [1.82, 2.24) is 10.2 Å². The Morgan fingerprint density at radius 3 is 2.95 bits per heavy atom. The van der Waals surface area contributed by atoms with Gasteiger partial charge >= 0.3 is 0 Å². The molecule has 1 heterocycles. The standard InChI is InChI=1S/C17H25FN2O2/c1-12-6-7-14(9-15(12)18)10-19-17(22)11-20-8-4-3-5-16(20)13(2)21/h6-7,9,13,16,21H,3-5,8,10-11H2,1-2H3,(H,19,22). The van der Waals surface area contributed by atoms with Crippen LogP contribution in [-0.4, -0.2) is 41.1 Å². The van der Waals surface area contributed by atoms with E-state index in [0.29, 0.717) is 12.1 Å². The van der Waals surface area contributed by atoms with E-state index in [2.05, 4.69) is 5.32 Å². The molecule has 0 saturated carbocycles. The van der Waals surface area contributed by atoms with Gasteiger partial charge in [-0.05, 0) is 50.4 Å². The number of halogens is 1. The van der Waals surface area contributed by atoms with Crippen LogP contribution >= 0.6 is 0 Å². The zero-order valence-electron chi connectivity index (χ0n) is 13.3. The average Bonchev–Trinajstić information content (AvgIpc) is 2.49. The Hall–Kier alpha value is -1.46. The highest BCUT2D eigenvalue weighted by Gasteiger charge is 2.27. The van der Waals surface area contributed by atoms with Crippen LogP contribution in [-0.2, 0) is 11.3 Å². The fourth-order valence-electron chi connectivity index (χ4n) is 2.95. The van der Waals surface area contributed by atoms with Gasteiger partial charge in [-0.15, -0.1) is 0 Å². The molecule has 0 aliphatic carbocycles. The second-order valence-electron chi connectivity index (χ2n) is 6.13. The van der Waals surface area contributed by atoms with E-state index in [4.69, 9.17) is 0 Å². The minimum absolute atomic E-state index is 0.0521. The summed E-state index contributed by atoms with van der Waals surface area (Å²) in [6.07, 6.45) is 2.64. The van der Waals surface area contributed by atoms with Gasteiger partial charge in [-0.1, -0.05) is 18.6 Å². The predicted octanol–water partition coefficient (Wildman–Crippen LogP) is 1.99. The summed E-state index contributed by atoms with van der Waals surface area (Å²) in [4.78, 5) is 14.1. The molecular formula is C17H25FN2O2. The molecule has 0 bridgehead atoms. The molecule has 122 valence electrons. The summed E-state index contributed by atoms with van der Waals surface area (Å²) >= 11 is 0. The van der Waals surface area contributed by atoms with E-state index >= 15 is 0 Å². The number of nitrogens with zero attached hydrogens (tertiary/aromatic N) is 1. The van der Waals surface area contributed by atoms with Gasteiger partial charge in [0.25, 0.3) is 0 Å². The molecule has 2 atom stereocenters. The first-order chi connectivity index (χ1) is 10.5. The molecule has 4 nitrogen and oxygen atoms in total. The lowest BCUT2D eigenvalue weighted by molar-refractivity contribution is -0.124. The summed E-state index contributed by atoms with van der Waals surface area (Å²) in [5.74, 6) is -0.342. The van der Waals surface area contributed by atoms with Gasteiger partial charge < -0.3 is 10.4 Å². The number of hydrogen-bond donors (Lipinski definition) is 2. The first-order valence-electron chi connectivity index (χ1n) is 7.91. The van der Waals surface area contributed by atoms with E-state index in [1.165, 1.54) is 6.07 Å². The molecule has 2 unspecified atom stereocenters. The largest absolute Gasteiger partial charge is 0.392 e. The molecule has 1 fully saturated rings. The van der Waals surface area contributed by atoms with E-state index in [1.54, 1.807) is 19.9 Å². The van der Waals surface area contributed by atoms with Gasteiger partial charge in [0.15, 0.2) is 0 Å². The number of rotatable bonds is 5. The number of aliphatic hydroxyl groups is 1. The number of nitrogens with one attached hydrogen (secondary N) is 1. The Morgan fingerprint density at radius 2 is 2.27 bits per heavy atom. The Labute approximate surface area is 131 Å². The molecule has 0 radical (unpaired) electrons. The predicted molar refractivity (Wildman–Crippen MR) is 83.9 cm³/mol. The molecule has 1 aromatic rings. The summed E-state index contributed by atoms with van der Waals surface area (Å²) in [5.41, 5.74) is 1.35. The van der Waals surface area contributed by atoms with Crippen molar-refractivity contribution in [2.75, 3.05) is 13.1 Å². The molecule has 1 aliphatic heterocycles. The van der Waals surface area contributed by atoms with Crippen LogP contribution in [0, 0.1) is 12.7 Å². The molecule has 1 saturated heterocycles. The molecule has 1 amide bonds. The monoisotopic (exact) mass is 308 g/mol. The minimum Gasteiger partial charge on any atom is -0.392 e. The average molecular weight is 308 g/mol. The topological polar surface area (TPSA) is 52.6 Å². The quantitative estimate of drug-likeness (QED) is 0.874. The number of amides is 1. The maximum atomic E-state index is 13.5. The fourth-order valence-corrected chi connectivity index (χ4v) is 2.95. The highest BCUT2D eigenvalue weighted by atomic mass is 19.1. The lowest BCUT2D eigenvalue weighted by Crippen LogP contribution is -2.49. The number of carbonyl (C=O) groups is 1. The molecule has 2 rings (SSSR count). The first kappa shape index (κ1) is 16.9. The maximum absolute atomic E-state index is 13.5. The highest BCUT2D eigenvalue weighted by molar-refractivity contribution is 5.78. The van der Waals surface area contributed by atoms with Crippen molar-refractivity contribution in [2.45, 2.75) is 51.8 Å². The van der Waals surface area contributed by atoms with Gasteiger partial charge in [0.2, 0.25) is 5.91 Å². The number of aryl methyl sites for hydroxylation is 1. The van der Waals surface area contributed by atoms with Gasteiger partial charge in [0.05, 0.1) is 12.6 Å². The Kier molecular flexibility index (Phi) is 5.91. The van der Waals surface area contributed by atoms with Crippen LogP contribution in [0.5, 0.6) is 0 Å². The third-order valence-electron chi connectivity index (χ3n) is 4.29. The van der Waals surface area contributed by atoms with Crippen LogP contribution in [0.1, 0.15) is 37.3 Å². The van der Waals surface area contributed by atoms with Crippen LogP contribution in [0.15, 0.2) is 18.2 Å². The van der Waals surface area contributed by atoms with Gasteiger partial charge in [-0.2, -0.15) is 0 Å². The van der Waals surface area contributed by atoms with E-state index in [1.807, 2.05) is 11.0 Å². The van der Waals surface area contributed by atoms with E-state index in [9.17, 15) is 14.3 Å². The number of piperidine rings is 1. The third kappa shape index (κ3) is 4.52. The minimum atomic E-state index is -0.431. The lowest BCUT2D eigenvalue weighted by atomic mass is 9.98. The zero-order valence-corrected chi connectivity index (χ0v) is 13.3. The van der Waals surface area contributed by atoms with Crippen LogP contribution in [0.25, 0.3) is 0 Å². The molecular weight excluding hydrogens is 283 g/mol. The van der Waals surface area contributed by atoms with Crippen LogP contribution < -0.4 is 5.32 Å². The number of benzene rings is 1. The van der Waals surface area contributed by atoms with Gasteiger partial charge in [-0.3, -0.25) is 9.69 Å². The summed E-state index contributed by atoms with van der Waals surface area (Å²) in [5, 5.41) is 12.6. The van der Waals surface area contributed by atoms with E-state index < -0.39 is 6.10 Å². The summed E-state index contributed by atoms with van der Waals surface area (Å²) < 4.78 is 13.5. The van der Waals surface area contributed by atoms with Crippen molar-refractivity contribution in [1.29, 1.82) is 0 Å². The second kappa shape index (κ2) is 7.70. The molecule has 0 aromatic heterocycles. The molecule has 1 aliphatic rings. The summed E-state index contributed by atoms with van der Waals surface area (Å²) in [6.45, 7) is 4.93. The number of carbonyl (C=O) groups excluding carboxylic acids is 1.